The van der Waals surface area contributed by atoms with Crippen molar-refractivity contribution in [1.29, 1.82) is 0 Å². The van der Waals surface area contributed by atoms with E-state index in [1.165, 1.54) is 0 Å². The maximum atomic E-state index is 11.6. The van der Waals surface area contributed by atoms with Crippen LogP contribution in [-0.2, 0) is 14.3 Å². The van der Waals surface area contributed by atoms with Crippen LogP contribution in [0.2, 0.25) is 0 Å². The van der Waals surface area contributed by atoms with Gasteiger partial charge < -0.3 is 20.5 Å². The van der Waals surface area contributed by atoms with E-state index in [9.17, 15) is 4.79 Å². The van der Waals surface area contributed by atoms with E-state index in [0.717, 1.165) is 19.4 Å². The predicted octanol–water partition coefficient (Wildman–Crippen LogP) is 0.282. The zero-order valence-corrected chi connectivity index (χ0v) is 10.8. The molecule has 0 radical (unpaired) electrons. The highest BCUT2D eigenvalue weighted by Crippen LogP contribution is 2.22. The van der Waals surface area contributed by atoms with Gasteiger partial charge in [-0.15, -0.1) is 0 Å². The van der Waals surface area contributed by atoms with Crippen LogP contribution in [-0.4, -0.2) is 44.9 Å². The molecule has 1 heterocycles. The third-order valence-electron chi connectivity index (χ3n) is 3.32. The highest BCUT2D eigenvalue weighted by molar-refractivity contribution is 5.76. The number of ether oxygens (including phenoxy) is 2. The summed E-state index contributed by atoms with van der Waals surface area (Å²) < 4.78 is 10.6. The molecule has 0 aromatic carbocycles. The van der Waals surface area contributed by atoms with Crippen molar-refractivity contribution in [3.8, 4) is 0 Å². The fourth-order valence-electron chi connectivity index (χ4n) is 2.16. The molecule has 0 saturated carbocycles. The van der Waals surface area contributed by atoms with Crippen molar-refractivity contribution in [2.24, 2.45) is 11.7 Å². The van der Waals surface area contributed by atoms with Crippen molar-refractivity contribution in [2.45, 2.75) is 38.4 Å². The van der Waals surface area contributed by atoms with E-state index >= 15 is 0 Å². The lowest BCUT2D eigenvalue weighted by atomic mass is 9.99. The Bertz CT molecular complexity index is 232. The lowest BCUT2D eigenvalue weighted by Gasteiger charge is -2.18. The van der Waals surface area contributed by atoms with Crippen molar-refractivity contribution in [3.63, 3.8) is 0 Å². The number of carbonyl (C=O) groups excluding carboxylic acids is 1. The Kier molecular flexibility index (Phi) is 6.47. The van der Waals surface area contributed by atoms with Gasteiger partial charge in [0.2, 0.25) is 5.91 Å². The number of nitrogens with one attached hydrogen (secondary N) is 1. The van der Waals surface area contributed by atoms with E-state index in [-0.39, 0.29) is 12.0 Å². The molecule has 3 unspecified atom stereocenters. The standard InChI is InChI=1S/C12H24N2O3/c1-3-11-9(4-5-17-11)8-14-12(15)6-10(7-13)16-2/h9-11H,3-8,13H2,1-2H3,(H,14,15). The summed E-state index contributed by atoms with van der Waals surface area (Å²) in [6, 6.07) is 0. The summed E-state index contributed by atoms with van der Waals surface area (Å²) in [5.74, 6) is 0.451. The second-order valence-electron chi connectivity index (χ2n) is 4.47. The van der Waals surface area contributed by atoms with Gasteiger partial charge in [-0.25, -0.2) is 0 Å². The Balaban J connectivity index is 2.23. The molecule has 1 rings (SSSR count). The Morgan fingerprint density at radius 3 is 3.00 bits per heavy atom. The monoisotopic (exact) mass is 244 g/mol. The zero-order chi connectivity index (χ0) is 12.7. The maximum Gasteiger partial charge on any atom is 0.222 e. The van der Waals surface area contributed by atoms with Crippen LogP contribution in [0.3, 0.4) is 0 Å². The third-order valence-corrected chi connectivity index (χ3v) is 3.32. The second-order valence-corrected chi connectivity index (χ2v) is 4.47. The van der Waals surface area contributed by atoms with Gasteiger partial charge in [0.15, 0.2) is 0 Å². The number of rotatable bonds is 7. The number of methoxy groups -OCH3 is 1. The lowest BCUT2D eigenvalue weighted by Crippen LogP contribution is -2.36. The fraction of sp³-hybridized carbons (Fsp3) is 0.917. The Hall–Kier alpha value is -0.650. The summed E-state index contributed by atoms with van der Waals surface area (Å²) in [6.07, 6.45) is 2.48. The third kappa shape index (κ3) is 4.61. The number of hydrogen-bond donors (Lipinski definition) is 2. The average molecular weight is 244 g/mol. The minimum Gasteiger partial charge on any atom is -0.380 e. The predicted molar refractivity (Wildman–Crippen MR) is 65.6 cm³/mol. The molecule has 0 bridgehead atoms. The average Bonchev–Trinajstić information content (AvgIpc) is 2.80. The Morgan fingerprint density at radius 2 is 2.41 bits per heavy atom. The summed E-state index contributed by atoms with van der Waals surface area (Å²) in [7, 11) is 1.57. The molecule has 0 aromatic rings. The van der Waals surface area contributed by atoms with Crippen LogP contribution >= 0.6 is 0 Å². The minimum absolute atomic E-state index is 0.00375. The van der Waals surface area contributed by atoms with Crippen LogP contribution < -0.4 is 11.1 Å². The van der Waals surface area contributed by atoms with Crippen LogP contribution in [0.15, 0.2) is 0 Å². The van der Waals surface area contributed by atoms with E-state index in [0.29, 0.717) is 31.5 Å². The van der Waals surface area contributed by atoms with Gasteiger partial charge in [0.25, 0.3) is 0 Å². The van der Waals surface area contributed by atoms with Crippen molar-refractivity contribution < 1.29 is 14.3 Å². The molecular weight excluding hydrogens is 220 g/mol. The summed E-state index contributed by atoms with van der Waals surface area (Å²) in [4.78, 5) is 11.6. The van der Waals surface area contributed by atoms with Gasteiger partial charge in [-0.3, -0.25) is 4.79 Å². The molecule has 0 aliphatic carbocycles. The number of hydrogen-bond acceptors (Lipinski definition) is 4. The summed E-state index contributed by atoms with van der Waals surface area (Å²) in [6.45, 7) is 3.98. The Labute approximate surface area is 103 Å². The largest absolute Gasteiger partial charge is 0.380 e. The van der Waals surface area contributed by atoms with Crippen LogP contribution in [0.5, 0.6) is 0 Å². The maximum absolute atomic E-state index is 11.6. The zero-order valence-electron chi connectivity index (χ0n) is 10.8. The molecule has 3 atom stereocenters. The number of amides is 1. The van der Waals surface area contributed by atoms with Gasteiger partial charge in [-0.05, 0) is 12.8 Å². The molecule has 0 spiro atoms. The van der Waals surface area contributed by atoms with Crippen LogP contribution in [0, 0.1) is 5.92 Å². The normalized spacial score (nSPS) is 25.8. The first-order valence-corrected chi connectivity index (χ1v) is 6.32. The quantitative estimate of drug-likeness (QED) is 0.674. The molecule has 5 nitrogen and oxygen atoms in total. The molecule has 17 heavy (non-hydrogen) atoms. The highest BCUT2D eigenvalue weighted by atomic mass is 16.5. The van der Waals surface area contributed by atoms with Crippen LogP contribution in [0.4, 0.5) is 0 Å². The molecule has 1 saturated heterocycles. The lowest BCUT2D eigenvalue weighted by molar-refractivity contribution is -0.123. The van der Waals surface area contributed by atoms with Crippen LogP contribution in [0.25, 0.3) is 0 Å². The van der Waals surface area contributed by atoms with Gasteiger partial charge in [0.05, 0.1) is 18.6 Å². The van der Waals surface area contributed by atoms with Crippen LogP contribution in [0.1, 0.15) is 26.2 Å². The molecule has 100 valence electrons. The molecule has 3 N–H and O–H groups in total. The van der Waals surface area contributed by atoms with E-state index in [4.69, 9.17) is 15.2 Å². The summed E-state index contributed by atoms with van der Waals surface area (Å²) >= 11 is 0. The van der Waals surface area contributed by atoms with Gasteiger partial charge in [-0.1, -0.05) is 6.92 Å². The summed E-state index contributed by atoms with van der Waals surface area (Å²) in [5.41, 5.74) is 5.47. The van der Waals surface area contributed by atoms with E-state index in [1.807, 2.05) is 0 Å². The molecule has 1 fully saturated rings. The molecule has 5 heteroatoms. The van der Waals surface area contributed by atoms with Gasteiger partial charge in [-0.2, -0.15) is 0 Å². The van der Waals surface area contributed by atoms with E-state index < -0.39 is 0 Å². The van der Waals surface area contributed by atoms with Crippen molar-refractivity contribution in [2.75, 3.05) is 26.8 Å². The number of nitrogens with two attached hydrogens (primary N) is 1. The SMILES string of the molecule is CCC1OCCC1CNC(=O)CC(CN)OC. The van der Waals surface area contributed by atoms with Gasteiger partial charge in [0.1, 0.15) is 0 Å². The topological polar surface area (TPSA) is 73.6 Å². The molecule has 0 aromatic heterocycles. The second kappa shape index (κ2) is 7.63. The molecule has 1 amide bonds. The minimum atomic E-state index is -0.184. The van der Waals surface area contributed by atoms with Gasteiger partial charge in [0, 0.05) is 32.7 Å². The molecule has 1 aliphatic heterocycles. The Morgan fingerprint density at radius 1 is 1.65 bits per heavy atom. The smallest absolute Gasteiger partial charge is 0.222 e. The molecule has 1 aliphatic rings. The van der Waals surface area contributed by atoms with E-state index in [1.54, 1.807) is 7.11 Å². The highest BCUT2D eigenvalue weighted by Gasteiger charge is 2.26. The van der Waals surface area contributed by atoms with E-state index in [2.05, 4.69) is 12.2 Å². The first kappa shape index (κ1) is 14.4. The van der Waals surface area contributed by atoms with Gasteiger partial charge >= 0.3 is 0 Å². The van der Waals surface area contributed by atoms with Crippen molar-refractivity contribution >= 4 is 5.91 Å². The first-order chi connectivity index (χ1) is 8.21. The molecular formula is C12H24N2O3. The fourth-order valence-corrected chi connectivity index (χ4v) is 2.16. The number of carbonyl (C=O) groups is 1. The first-order valence-electron chi connectivity index (χ1n) is 6.32. The van der Waals surface area contributed by atoms with Crippen molar-refractivity contribution in [1.82, 2.24) is 5.32 Å². The van der Waals surface area contributed by atoms with Crippen molar-refractivity contribution in [3.05, 3.63) is 0 Å². The summed E-state index contributed by atoms with van der Waals surface area (Å²) in [5, 5.41) is 2.93.